The Hall–Kier alpha value is -1.68. The van der Waals surface area contributed by atoms with E-state index >= 15 is 0 Å². The van der Waals surface area contributed by atoms with Crippen LogP contribution in [0.15, 0.2) is 24.3 Å². The fourth-order valence-corrected chi connectivity index (χ4v) is 7.35. The fraction of sp³-hybridized carbons (Fsp3) is 0.565. The SMILES string of the molecule is Cc1ccccc1-c1nc(C)c(CNC(=O)C23CC4CC(CC(C4)C2)C3)s1. The number of carbonyl (C=O) groups excluding carboxylic acids is 1. The number of aryl methyl sites for hydroxylation is 2. The minimum absolute atomic E-state index is 0.0633. The molecule has 0 spiro atoms. The summed E-state index contributed by atoms with van der Waals surface area (Å²) in [6.45, 7) is 4.81. The number of rotatable bonds is 4. The molecule has 1 amide bonds. The van der Waals surface area contributed by atoms with Crippen molar-refractivity contribution in [1.82, 2.24) is 10.3 Å². The van der Waals surface area contributed by atoms with Gasteiger partial charge in [-0.2, -0.15) is 0 Å². The molecule has 1 N–H and O–H groups in total. The summed E-state index contributed by atoms with van der Waals surface area (Å²) in [7, 11) is 0. The number of aromatic nitrogens is 1. The monoisotopic (exact) mass is 380 g/mol. The highest BCUT2D eigenvalue weighted by Crippen LogP contribution is 2.60. The molecule has 1 aromatic carbocycles. The van der Waals surface area contributed by atoms with Crippen LogP contribution in [0.1, 0.15) is 54.7 Å². The van der Waals surface area contributed by atoms with Crippen molar-refractivity contribution in [3.05, 3.63) is 40.4 Å². The average molecular weight is 381 g/mol. The van der Waals surface area contributed by atoms with Gasteiger partial charge >= 0.3 is 0 Å². The Morgan fingerprint density at radius 1 is 1.11 bits per heavy atom. The lowest BCUT2D eigenvalue weighted by Gasteiger charge is -2.55. The van der Waals surface area contributed by atoms with E-state index < -0.39 is 0 Å². The first-order valence-electron chi connectivity index (χ1n) is 10.3. The molecule has 6 rings (SSSR count). The molecule has 142 valence electrons. The number of hydrogen-bond donors (Lipinski definition) is 1. The van der Waals surface area contributed by atoms with Crippen LogP contribution in [0.3, 0.4) is 0 Å². The van der Waals surface area contributed by atoms with E-state index in [1.165, 1.54) is 35.3 Å². The van der Waals surface area contributed by atoms with Crippen LogP contribution in [0.25, 0.3) is 10.6 Å². The molecule has 4 saturated carbocycles. The van der Waals surface area contributed by atoms with E-state index in [0.29, 0.717) is 12.5 Å². The molecule has 4 bridgehead atoms. The second kappa shape index (κ2) is 6.44. The minimum Gasteiger partial charge on any atom is -0.351 e. The lowest BCUT2D eigenvalue weighted by Crippen LogP contribution is -2.53. The molecule has 4 fully saturated rings. The van der Waals surface area contributed by atoms with Crippen LogP contribution in [0.4, 0.5) is 0 Å². The summed E-state index contributed by atoms with van der Waals surface area (Å²) in [5.74, 6) is 2.73. The molecule has 3 nitrogen and oxygen atoms in total. The van der Waals surface area contributed by atoms with Crippen molar-refractivity contribution in [2.75, 3.05) is 0 Å². The zero-order valence-corrected chi connectivity index (χ0v) is 17.1. The molecular formula is C23H28N2OS. The Balaban J connectivity index is 1.31. The molecule has 0 radical (unpaired) electrons. The largest absolute Gasteiger partial charge is 0.351 e. The van der Waals surface area contributed by atoms with E-state index in [1.54, 1.807) is 11.3 Å². The zero-order valence-electron chi connectivity index (χ0n) is 16.3. The van der Waals surface area contributed by atoms with Gasteiger partial charge in [-0.15, -0.1) is 11.3 Å². The van der Waals surface area contributed by atoms with Crippen LogP contribution in [0, 0.1) is 37.0 Å². The van der Waals surface area contributed by atoms with Gasteiger partial charge in [0.15, 0.2) is 0 Å². The maximum atomic E-state index is 13.2. The van der Waals surface area contributed by atoms with Gasteiger partial charge in [-0.3, -0.25) is 4.79 Å². The van der Waals surface area contributed by atoms with Gasteiger partial charge in [-0.25, -0.2) is 4.98 Å². The summed E-state index contributed by atoms with van der Waals surface area (Å²) < 4.78 is 0. The van der Waals surface area contributed by atoms with Crippen LogP contribution in [-0.4, -0.2) is 10.9 Å². The summed E-state index contributed by atoms with van der Waals surface area (Å²) in [4.78, 5) is 19.2. The highest BCUT2D eigenvalue weighted by Gasteiger charge is 2.54. The summed E-state index contributed by atoms with van der Waals surface area (Å²) in [5, 5.41) is 4.37. The number of nitrogens with zero attached hydrogens (tertiary/aromatic N) is 1. The molecule has 4 aliphatic rings. The summed E-state index contributed by atoms with van der Waals surface area (Å²) >= 11 is 1.72. The maximum absolute atomic E-state index is 13.2. The number of nitrogens with one attached hydrogen (secondary N) is 1. The topological polar surface area (TPSA) is 42.0 Å². The van der Waals surface area contributed by atoms with Gasteiger partial charge in [-0.1, -0.05) is 24.3 Å². The third-order valence-corrected chi connectivity index (χ3v) is 8.39. The van der Waals surface area contributed by atoms with Crippen LogP contribution >= 0.6 is 11.3 Å². The number of carbonyl (C=O) groups is 1. The third-order valence-electron chi connectivity index (χ3n) is 7.20. The molecule has 0 atom stereocenters. The number of thiazole rings is 1. The average Bonchev–Trinajstić information content (AvgIpc) is 2.99. The Labute approximate surface area is 165 Å². The fourth-order valence-electron chi connectivity index (χ4n) is 6.26. The lowest BCUT2D eigenvalue weighted by molar-refractivity contribution is -0.146. The number of hydrogen-bond acceptors (Lipinski definition) is 3. The first-order valence-corrected chi connectivity index (χ1v) is 11.1. The van der Waals surface area contributed by atoms with Gasteiger partial charge in [-0.05, 0) is 75.7 Å². The van der Waals surface area contributed by atoms with Crippen LogP contribution in [0.5, 0.6) is 0 Å². The molecule has 0 aliphatic heterocycles. The van der Waals surface area contributed by atoms with E-state index in [9.17, 15) is 4.79 Å². The number of amides is 1. The molecule has 1 aromatic heterocycles. The van der Waals surface area contributed by atoms with Gasteiger partial charge in [0.2, 0.25) is 5.91 Å². The van der Waals surface area contributed by atoms with Gasteiger partial charge in [0.05, 0.1) is 12.2 Å². The number of benzene rings is 1. The van der Waals surface area contributed by atoms with Crippen molar-refractivity contribution in [2.24, 2.45) is 23.2 Å². The van der Waals surface area contributed by atoms with Crippen LogP contribution in [-0.2, 0) is 11.3 Å². The van der Waals surface area contributed by atoms with Gasteiger partial charge in [0.1, 0.15) is 5.01 Å². The van der Waals surface area contributed by atoms with Crippen LogP contribution < -0.4 is 5.32 Å². The highest BCUT2D eigenvalue weighted by molar-refractivity contribution is 7.15. The standard InChI is InChI=1S/C23H28N2OS/c1-14-5-3-4-6-19(14)21-25-15(2)20(27-21)13-24-22(26)23-10-16-7-17(11-23)9-18(8-16)12-23/h3-6,16-18H,7-13H2,1-2H3,(H,24,26). The van der Waals surface area contributed by atoms with E-state index in [4.69, 9.17) is 4.98 Å². The molecule has 0 unspecified atom stereocenters. The van der Waals surface area contributed by atoms with Crippen molar-refractivity contribution in [3.63, 3.8) is 0 Å². The van der Waals surface area contributed by atoms with E-state index in [0.717, 1.165) is 47.7 Å². The molecule has 0 saturated heterocycles. The minimum atomic E-state index is -0.0633. The third kappa shape index (κ3) is 3.02. The molecular weight excluding hydrogens is 352 g/mol. The summed E-state index contributed by atoms with van der Waals surface area (Å²) in [6, 6.07) is 8.38. The molecule has 2 aromatic rings. The molecule has 4 aliphatic carbocycles. The van der Waals surface area contributed by atoms with Crippen LogP contribution in [0.2, 0.25) is 0 Å². The van der Waals surface area contributed by atoms with Crippen molar-refractivity contribution in [2.45, 2.75) is 58.9 Å². The molecule has 1 heterocycles. The summed E-state index contributed by atoms with van der Waals surface area (Å²) in [5.41, 5.74) is 3.43. The zero-order chi connectivity index (χ0) is 18.6. The second-order valence-corrected chi connectivity index (χ2v) is 10.3. The van der Waals surface area contributed by atoms with Gasteiger partial charge in [0.25, 0.3) is 0 Å². The Bertz CT molecular complexity index is 849. The van der Waals surface area contributed by atoms with Crippen molar-refractivity contribution in [1.29, 1.82) is 0 Å². The van der Waals surface area contributed by atoms with Gasteiger partial charge in [0, 0.05) is 15.9 Å². The summed E-state index contributed by atoms with van der Waals surface area (Å²) in [6.07, 6.45) is 7.50. The van der Waals surface area contributed by atoms with Crippen molar-refractivity contribution >= 4 is 17.2 Å². The first kappa shape index (κ1) is 17.4. The predicted octanol–water partition coefficient (Wildman–Crippen LogP) is 5.26. The van der Waals surface area contributed by atoms with E-state index in [1.807, 2.05) is 0 Å². The quantitative estimate of drug-likeness (QED) is 0.786. The predicted molar refractivity (Wildman–Crippen MR) is 109 cm³/mol. The normalized spacial score (nSPS) is 31.3. The molecule has 27 heavy (non-hydrogen) atoms. The van der Waals surface area contributed by atoms with Gasteiger partial charge < -0.3 is 5.32 Å². The Kier molecular flexibility index (Phi) is 4.15. The van der Waals surface area contributed by atoms with E-state index in [-0.39, 0.29) is 5.41 Å². The smallest absolute Gasteiger partial charge is 0.226 e. The second-order valence-electron chi connectivity index (χ2n) is 9.22. The van der Waals surface area contributed by atoms with Crippen molar-refractivity contribution in [3.8, 4) is 10.6 Å². The Morgan fingerprint density at radius 3 is 2.37 bits per heavy atom. The van der Waals surface area contributed by atoms with E-state index in [2.05, 4.69) is 43.4 Å². The maximum Gasteiger partial charge on any atom is 0.226 e. The first-order chi connectivity index (χ1) is 13.0. The highest BCUT2D eigenvalue weighted by atomic mass is 32.1. The van der Waals surface area contributed by atoms with Crippen molar-refractivity contribution < 1.29 is 4.79 Å². The Morgan fingerprint density at radius 2 is 1.74 bits per heavy atom. The molecule has 4 heteroatoms. The lowest BCUT2D eigenvalue weighted by atomic mass is 9.49.